The number of carbonyl (C=O) groups excluding carboxylic acids is 1. The van der Waals surface area contributed by atoms with Crippen LogP contribution >= 0.6 is 0 Å². The van der Waals surface area contributed by atoms with Gasteiger partial charge in [0.25, 0.3) is 0 Å². The van der Waals surface area contributed by atoms with E-state index in [1.54, 1.807) is 32.9 Å². The number of carbonyl (C=O) groups is 1. The van der Waals surface area contributed by atoms with Gasteiger partial charge < -0.3 is 10.1 Å². The molecule has 0 saturated carbocycles. The van der Waals surface area contributed by atoms with Crippen molar-refractivity contribution in [3.63, 3.8) is 0 Å². The minimum atomic E-state index is -3.66. The van der Waals surface area contributed by atoms with Crippen LogP contribution in [-0.2, 0) is 14.8 Å². The zero-order valence-electron chi connectivity index (χ0n) is 17.0. The Morgan fingerprint density at radius 3 is 2.46 bits per heavy atom. The molecule has 2 aromatic rings. The molecule has 0 aliphatic heterocycles. The monoisotopic (exact) mass is 404 g/mol. The molecular weight excluding hydrogens is 376 g/mol. The second-order valence-corrected chi connectivity index (χ2v) is 9.48. The first-order chi connectivity index (χ1) is 13.0. The number of ether oxygens (including phenoxy) is 1. The number of nitrogens with one attached hydrogen (secondary N) is 2. The van der Waals surface area contributed by atoms with Crippen molar-refractivity contribution in [2.45, 2.75) is 51.5 Å². The van der Waals surface area contributed by atoms with Gasteiger partial charge in [-0.3, -0.25) is 4.79 Å². The summed E-state index contributed by atoms with van der Waals surface area (Å²) in [4.78, 5) is 12.3. The van der Waals surface area contributed by atoms with E-state index in [-0.39, 0.29) is 23.8 Å². The van der Waals surface area contributed by atoms with Crippen LogP contribution < -0.4 is 14.8 Å². The van der Waals surface area contributed by atoms with E-state index in [9.17, 15) is 13.2 Å². The fraction of sp³-hybridized carbons (Fsp3) is 0.381. The summed E-state index contributed by atoms with van der Waals surface area (Å²) in [6.07, 6.45) is 0.157. The van der Waals surface area contributed by atoms with Crippen LogP contribution in [0.3, 0.4) is 0 Å². The maximum atomic E-state index is 12.4. The molecule has 0 heterocycles. The van der Waals surface area contributed by atoms with Gasteiger partial charge in [-0.2, -0.15) is 0 Å². The van der Waals surface area contributed by atoms with Gasteiger partial charge >= 0.3 is 0 Å². The van der Waals surface area contributed by atoms with Gasteiger partial charge in [0.05, 0.1) is 17.9 Å². The summed E-state index contributed by atoms with van der Waals surface area (Å²) in [5, 5.41) is 2.72. The standard InChI is InChI=1S/C21H28N2O4S/c1-15-9-10-16(2)19(13-15)27-12-11-20(24)22-17-7-6-8-18(14-17)28(25,26)23-21(3,4)5/h6-10,13-14,23H,11-12H2,1-5H3,(H,22,24). The van der Waals surface area contributed by atoms with E-state index in [2.05, 4.69) is 10.0 Å². The van der Waals surface area contributed by atoms with E-state index < -0.39 is 15.6 Å². The smallest absolute Gasteiger partial charge is 0.241 e. The lowest BCUT2D eigenvalue weighted by Gasteiger charge is -2.20. The van der Waals surface area contributed by atoms with Gasteiger partial charge in [-0.15, -0.1) is 0 Å². The van der Waals surface area contributed by atoms with Crippen LogP contribution in [0.15, 0.2) is 47.4 Å². The van der Waals surface area contributed by atoms with Crippen LogP contribution in [0, 0.1) is 13.8 Å². The zero-order chi connectivity index (χ0) is 20.9. The molecule has 2 aromatic carbocycles. The SMILES string of the molecule is Cc1ccc(C)c(OCCC(=O)Nc2cccc(S(=O)(=O)NC(C)(C)C)c2)c1. The molecular formula is C21H28N2O4S. The van der Waals surface area contributed by atoms with Crippen LogP contribution in [0.4, 0.5) is 5.69 Å². The van der Waals surface area contributed by atoms with Crippen LogP contribution in [-0.4, -0.2) is 26.5 Å². The molecule has 152 valence electrons. The summed E-state index contributed by atoms with van der Waals surface area (Å²) in [5.74, 6) is 0.512. The highest BCUT2D eigenvalue weighted by Gasteiger charge is 2.22. The average molecular weight is 405 g/mol. The number of sulfonamides is 1. The first-order valence-electron chi connectivity index (χ1n) is 9.10. The zero-order valence-corrected chi connectivity index (χ0v) is 17.8. The molecule has 0 saturated heterocycles. The number of rotatable bonds is 7. The van der Waals surface area contributed by atoms with E-state index in [4.69, 9.17) is 4.74 Å². The topological polar surface area (TPSA) is 84.5 Å². The predicted octanol–water partition coefficient (Wildman–Crippen LogP) is 3.79. The molecule has 0 aliphatic rings. The minimum absolute atomic E-state index is 0.104. The third-order valence-electron chi connectivity index (χ3n) is 3.80. The van der Waals surface area contributed by atoms with Gasteiger partial charge in [-0.05, 0) is 70.0 Å². The van der Waals surface area contributed by atoms with Crippen molar-refractivity contribution in [2.24, 2.45) is 0 Å². The van der Waals surface area contributed by atoms with E-state index in [1.165, 1.54) is 12.1 Å². The maximum absolute atomic E-state index is 12.4. The summed E-state index contributed by atoms with van der Waals surface area (Å²) in [5.41, 5.74) is 1.93. The lowest BCUT2D eigenvalue weighted by Crippen LogP contribution is -2.40. The van der Waals surface area contributed by atoms with Crippen molar-refractivity contribution in [3.8, 4) is 5.75 Å². The molecule has 2 N–H and O–H groups in total. The number of amides is 1. The lowest BCUT2D eigenvalue weighted by molar-refractivity contribution is -0.116. The van der Waals surface area contributed by atoms with Crippen molar-refractivity contribution in [2.75, 3.05) is 11.9 Å². The molecule has 0 bridgehead atoms. The highest BCUT2D eigenvalue weighted by molar-refractivity contribution is 7.89. The Kier molecular flexibility index (Phi) is 6.85. The molecule has 6 nitrogen and oxygen atoms in total. The Bertz CT molecular complexity index is 947. The van der Waals surface area contributed by atoms with E-state index in [0.29, 0.717) is 5.69 Å². The van der Waals surface area contributed by atoms with Crippen LogP contribution in [0.25, 0.3) is 0 Å². The summed E-state index contributed by atoms with van der Waals surface area (Å²) < 4.78 is 33.1. The number of aryl methyl sites for hydroxylation is 2. The summed E-state index contributed by atoms with van der Waals surface area (Å²) >= 11 is 0. The van der Waals surface area contributed by atoms with Gasteiger partial charge in [0.1, 0.15) is 5.75 Å². The van der Waals surface area contributed by atoms with Gasteiger partial charge in [0.15, 0.2) is 0 Å². The summed E-state index contributed by atoms with van der Waals surface area (Å²) in [7, 11) is -3.66. The Morgan fingerprint density at radius 2 is 1.79 bits per heavy atom. The Balaban J connectivity index is 1.96. The summed E-state index contributed by atoms with van der Waals surface area (Å²) in [6, 6.07) is 12.1. The normalized spacial score (nSPS) is 11.9. The van der Waals surface area contributed by atoms with Crippen LogP contribution in [0.1, 0.15) is 38.3 Å². The molecule has 0 fully saturated rings. The molecule has 2 rings (SSSR count). The highest BCUT2D eigenvalue weighted by Crippen LogP contribution is 2.20. The van der Waals surface area contributed by atoms with E-state index in [0.717, 1.165) is 16.9 Å². The van der Waals surface area contributed by atoms with E-state index >= 15 is 0 Å². The van der Waals surface area contributed by atoms with Gasteiger partial charge in [0.2, 0.25) is 15.9 Å². The maximum Gasteiger partial charge on any atom is 0.241 e. The Labute approximate surface area is 167 Å². The van der Waals surface area contributed by atoms with Crippen LogP contribution in [0.2, 0.25) is 0 Å². The van der Waals surface area contributed by atoms with Gasteiger partial charge in [0, 0.05) is 11.2 Å². The van der Waals surface area contributed by atoms with Crippen molar-refractivity contribution < 1.29 is 17.9 Å². The molecule has 0 atom stereocenters. The number of hydrogen-bond donors (Lipinski definition) is 2. The Morgan fingerprint density at radius 1 is 1.07 bits per heavy atom. The third kappa shape index (κ3) is 6.65. The van der Waals surface area contributed by atoms with E-state index in [1.807, 2.05) is 32.0 Å². The first kappa shape index (κ1) is 21.9. The minimum Gasteiger partial charge on any atom is -0.493 e. The predicted molar refractivity (Wildman–Crippen MR) is 111 cm³/mol. The van der Waals surface area contributed by atoms with Crippen molar-refractivity contribution >= 4 is 21.6 Å². The van der Waals surface area contributed by atoms with Crippen molar-refractivity contribution in [1.82, 2.24) is 4.72 Å². The average Bonchev–Trinajstić information content (AvgIpc) is 2.56. The molecule has 0 aromatic heterocycles. The fourth-order valence-corrected chi connectivity index (χ4v) is 4.01. The quantitative estimate of drug-likeness (QED) is 0.735. The third-order valence-corrected chi connectivity index (χ3v) is 5.55. The van der Waals surface area contributed by atoms with Crippen molar-refractivity contribution in [3.05, 3.63) is 53.6 Å². The largest absolute Gasteiger partial charge is 0.493 e. The molecule has 28 heavy (non-hydrogen) atoms. The second-order valence-electron chi connectivity index (χ2n) is 7.80. The van der Waals surface area contributed by atoms with Crippen molar-refractivity contribution in [1.29, 1.82) is 0 Å². The Hall–Kier alpha value is -2.38. The first-order valence-corrected chi connectivity index (χ1v) is 10.6. The molecule has 0 spiro atoms. The second kappa shape index (κ2) is 8.75. The lowest BCUT2D eigenvalue weighted by atomic mass is 10.1. The van der Waals surface area contributed by atoms with Crippen LogP contribution in [0.5, 0.6) is 5.75 Å². The molecule has 7 heteroatoms. The van der Waals surface area contributed by atoms with Gasteiger partial charge in [-0.1, -0.05) is 18.2 Å². The van der Waals surface area contributed by atoms with Gasteiger partial charge in [-0.25, -0.2) is 13.1 Å². The molecule has 0 aliphatic carbocycles. The number of hydrogen-bond acceptors (Lipinski definition) is 4. The highest BCUT2D eigenvalue weighted by atomic mass is 32.2. The number of benzene rings is 2. The molecule has 1 amide bonds. The fourth-order valence-electron chi connectivity index (χ4n) is 2.54. The number of anilines is 1. The molecule has 0 radical (unpaired) electrons. The molecule has 0 unspecified atom stereocenters. The summed E-state index contributed by atoms with van der Waals surface area (Å²) in [6.45, 7) is 9.48.